The molecule has 9 heteroatoms. The summed E-state index contributed by atoms with van der Waals surface area (Å²) < 4.78 is 5.32. The molecule has 9 nitrogen and oxygen atoms in total. The lowest BCUT2D eigenvalue weighted by molar-refractivity contribution is -0.142. The average Bonchev–Trinajstić information content (AvgIpc) is 2.78. The number of alkyl carbamates (subject to hydrolysis) is 1. The van der Waals surface area contributed by atoms with Crippen molar-refractivity contribution in [3.05, 3.63) is 35.4 Å². The Morgan fingerprint density at radius 2 is 1.61 bits per heavy atom. The second kappa shape index (κ2) is 14.5. The normalized spacial score (nSPS) is 13.8. The summed E-state index contributed by atoms with van der Waals surface area (Å²) in [6, 6.07) is 5.50. The van der Waals surface area contributed by atoms with Gasteiger partial charge in [-0.15, -0.1) is 0 Å². The number of primary amides is 1. The first-order valence-corrected chi connectivity index (χ1v) is 12.8. The van der Waals surface area contributed by atoms with Gasteiger partial charge in [-0.05, 0) is 65.0 Å². The molecule has 0 radical (unpaired) electrons. The van der Waals surface area contributed by atoms with Crippen molar-refractivity contribution in [1.82, 2.24) is 15.5 Å². The SMILES string of the molecule is CCCC(C)NC(=O)C(c1ccc(CC)cc1)N(CC)C(=O)C(CCC(N)=O)NC(=O)OC(C)(C)C. The molecule has 0 fully saturated rings. The van der Waals surface area contributed by atoms with Crippen LogP contribution in [-0.2, 0) is 25.5 Å². The molecule has 0 aliphatic heterocycles. The zero-order chi connectivity index (χ0) is 27.5. The summed E-state index contributed by atoms with van der Waals surface area (Å²) in [5.41, 5.74) is 6.32. The van der Waals surface area contributed by atoms with Gasteiger partial charge in [-0.2, -0.15) is 0 Å². The molecular formula is C27H44N4O5. The quantitative estimate of drug-likeness (QED) is 0.378. The summed E-state index contributed by atoms with van der Waals surface area (Å²) in [6.07, 6.45) is 1.64. The number of nitrogens with one attached hydrogen (secondary N) is 2. The molecule has 0 bridgehead atoms. The van der Waals surface area contributed by atoms with Gasteiger partial charge in [0.2, 0.25) is 17.7 Å². The lowest BCUT2D eigenvalue weighted by Crippen LogP contribution is -2.53. The van der Waals surface area contributed by atoms with E-state index in [1.54, 1.807) is 27.7 Å². The number of nitrogens with zero attached hydrogens (tertiary/aromatic N) is 1. The maximum atomic E-state index is 13.8. The van der Waals surface area contributed by atoms with E-state index in [-0.39, 0.29) is 31.3 Å². The number of amides is 4. The lowest BCUT2D eigenvalue weighted by atomic mass is 9.99. The Hall–Kier alpha value is -3.10. The van der Waals surface area contributed by atoms with Gasteiger partial charge in [0.1, 0.15) is 17.7 Å². The Morgan fingerprint density at radius 1 is 1.00 bits per heavy atom. The van der Waals surface area contributed by atoms with Gasteiger partial charge in [-0.25, -0.2) is 4.79 Å². The first kappa shape index (κ1) is 30.9. The molecule has 1 aromatic carbocycles. The lowest BCUT2D eigenvalue weighted by Gasteiger charge is -2.34. The first-order valence-electron chi connectivity index (χ1n) is 12.8. The fraction of sp³-hybridized carbons (Fsp3) is 0.630. The summed E-state index contributed by atoms with van der Waals surface area (Å²) in [4.78, 5) is 52.7. The van der Waals surface area contributed by atoms with Crippen molar-refractivity contribution >= 4 is 23.8 Å². The molecule has 0 heterocycles. The van der Waals surface area contributed by atoms with Crippen LogP contribution in [0.3, 0.4) is 0 Å². The summed E-state index contributed by atoms with van der Waals surface area (Å²) in [6.45, 7) is 13.1. The number of aryl methyl sites for hydroxylation is 1. The third kappa shape index (κ3) is 10.3. The van der Waals surface area contributed by atoms with Crippen molar-refractivity contribution < 1.29 is 23.9 Å². The molecule has 0 aromatic heterocycles. The van der Waals surface area contributed by atoms with E-state index in [9.17, 15) is 19.2 Å². The highest BCUT2D eigenvalue weighted by Crippen LogP contribution is 2.24. The van der Waals surface area contributed by atoms with Crippen LogP contribution < -0.4 is 16.4 Å². The highest BCUT2D eigenvalue weighted by molar-refractivity contribution is 5.92. The van der Waals surface area contributed by atoms with Gasteiger partial charge in [0.15, 0.2) is 0 Å². The van der Waals surface area contributed by atoms with Crippen LogP contribution in [0.5, 0.6) is 0 Å². The van der Waals surface area contributed by atoms with Crippen molar-refractivity contribution in [3.63, 3.8) is 0 Å². The average molecular weight is 505 g/mol. The van der Waals surface area contributed by atoms with E-state index in [2.05, 4.69) is 10.6 Å². The molecule has 202 valence electrons. The zero-order valence-corrected chi connectivity index (χ0v) is 22.8. The van der Waals surface area contributed by atoms with Crippen LogP contribution in [0.4, 0.5) is 4.79 Å². The van der Waals surface area contributed by atoms with Gasteiger partial charge in [-0.1, -0.05) is 44.5 Å². The standard InChI is InChI=1S/C27H44N4O5/c1-8-11-18(4)29-24(33)23(20-14-12-19(9-2)13-15-20)31(10-3)25(34)21(16-17-22(28)32)30-26(35)36-27(5,6)7/h12-15,18,21,23H,8-11,16-17H2,1-7H3,(H2,28,32)(H,29,33)(H,30,35). The Bertz CT molecular complexity index is 879. The molecule has 0 aliphatic rings. The van der Waals surface area contributed by atoms with Crippen molar-refractivity contribution in [2.75, 3.05) is 6.54 Å². The molecule has 0 spiro atoms. The van der Waals surface area contributed by atoms with Crippen LogP contribution in [0.1, 0.15) is 91.3 Å². The monoisotopic (exact) mass is 504 g/mol. The van der Waals surface area contributed by atoms with Crippen molar-refractivity contribution in [2.24, 2.45) is 5.73 Å². The molecule has 4 amide bonds. The second-order valence-electron chi connectivity index (χ2n) is 10.0. The van der Waals surface area contributed by atoms with E-state index < -0.39 is 35.6 Å². The number of carbonyl (C=O) groups is 4. The van der Waals surface area contributed by atoms with E-state index in [1.807, 2.05) is 45.0 Å². The van der Waals surface area contributed by atoms with Gasteiger partial charge >= 0.3 is 6.09 Å². The van der Waals surface area contributed by atoms with Crippen LogP contribution in [0.2, 0.25) is 0 Å². The van der Waals surface area contributed by atoms with E-state index in [4.69, 9.17) is 10.5 Å². The van der Waals surface area contributed by atoms with Crippen LogP contribution in [0, 0.1) is 0 Å². The second-order valence-corrected chi connectivity index (χ2v) is 10.0. The number of ether oxygens (including phenoxy) is 1. The Balaban J connectivity index is 3.37. The van der Waals surface area contributed by atoms with Crippen LogP contribution >= 0.6 is 0 Å². The molecule has 0 aliphatic carbocycles. The molecule has 4 N–H and O–H groups in total. The minimum atomic E-state index is -1.09. The van der Waals surface area contributed by atoms with Gasteiger partial charge in [0.05, 0.1) is 0 Å². The van der Waals surface area contributed by atoms with Crippen molar-refractivity contribution in [2.45, 2.75) is 104 Å². The number of hydrogen-bond acceptors (Lipinski definition) is 5. The molecule has 3 atom stereocenters. The Kier molecular flexibility index (Phi) is 12.4. The number of rotatable bonds is 13. The predicted molar refractivity (Wildman–Crippen MR) is 140 cm³/mol. The van der Waals surface area contributed by atoms with Gasteiger partial charge < -0.3 is 26.0 Å². The number of hydrogen-bond donors (Lipinski definition) is 3. The first-order chi connectivity index (χ1) is 16.8. The van der Waals surface area contributed by atoms with Crippen LogP contribution in [0.15, 0.2) is 24.3 Å². The number of likely N-dealkylation sites (N-methyl/N-ethyl adjacent to an activating group) is 1. The van der Waals surface area contributed by atoms with Gasteiger partial charge in [0, 0.05) is 19.0 Å². The maximum absolute atomic E-state index is 13.8. The van der Waals surface area contributed by atoms with Crippen LogP contribution in [-0.4, -0.2) is 52.9 Å². The van der Waals surface area contributed by atoms with Crippen LogP contribution in [0.25, 0.3) is 0 Å². The maximum Gasteiger partial charge on any atom is 0.408 e. The molecule has 36 heavy (non-hydrogen) atoms. The summed E-state index contributed by atoms with van der Waals surface area (Å²) in [5, 5.41) is 5.60. The summed E-state index contributed by atoms with van der Waals surface area (Å²) >= 11 is 0. The number of nitrogens with two attached hydrogens (primary N) is 1. The van der Waals surface area contributed by atoms with E-state index in [0.29, 0.717) is 5.56 Å². The van der Waals surface area contributed by atoms with Gasteiger partial charge in [0.25, 0.3) is 0 Å². The van der Waals surface area contributed by atoms with E-state index in [0.717, 1.165) is 24.8 Å². The largest absolute Gasteiger partial charge is 0.444 e. The Labute approximate surface area is 215 Å². The third-order valence-corrected chi connectivity index (χ3v) is 5.67. The molecule has 0 saturated heterocycles. The highest BCUT2D eigenvalue weighted by Gasteiger charge is 2.36. The minimum Gasteiger partial charge on any atom is -0.444 e. The molecular weight excluding hydrogens is 460 g/mol. The molecule has 0 saturated carbocycles. The third-order valence-electron chi connectivity index (χ3n) is 5.67. The number of benzene rings is 1. The Morgan fingerprint density at radius 3 is 2.08 bits per heavy atom. The van der Waals surface area contributed by atoms with Crippen molar-refractivity contribution in [3.8, 4) is 0 Å². The smallest absolute Gasteiger partial charge is 0.408 e. The van der Waals surface area contributed by atoms with E-state index >= 15 is 0 Å². The molecule has 3 unspecified atom stereocenters. The fourth-order valence-electron chi connectivity index (χ4n) is 3.90. The minimum absolute atomic E-state index is 0.0146. The van der Waals surface area contributed by atoms with E-state index in [1.165, 1.54) is 4.90 Å². The summed E-state index contributed by atoms with van der Waals surface area (Å²) in [5.74, 6) is -1.39. The van der Waals surface area contributed by atoms with Gasteiger partial charge in [-0.3, -0.25) is 14.4 Å². The highest BCUT2D eigenvalue weighted by atomic mass is 16.6. The number of carbonyl (C=O) groups excluding carboxylic acids is 4. The molecule has 1 rings (SSSR count). The van der Waals surface area contributed by atoms with Crippen molar-refractivity contribution in [1.29, 1.82) is 0 Å². The zero-order valence-electron chi connectivity index (χ0n) is 22.8. The topological polar surface area (TPSA) is 131 Å². The molecule has 1 aromatic rings. The predicted octanol–water partition coefficient (Wildman–Crippen LogP) is 3.60. The summed E-state index contributed by atoms with van der Waals surface area (Å²) in [7, 11) is 0. The fourth-order valence-corrected chi connectivity index (χ4v) is 3.90.